The molecule has 0 unspecified atom stereocenters. The highest BCUT2D eigenvalue weighted by molar-refractivity contribution is 5.35. The molecule has 115 valence electrons. The molecule has 0 heterocycles. The summed E-state index contributed by atoms with van der Waals surface area (Å²) in [5.74, 6) is 1.16. The van der Waals surface area contributed by atoms with Gasteiger partial charge in [-0.1, -0.05) is 72.8 Å². The summed E-state index contributed by atoms with van der Waals surface area (Å²) < 4.78 is 13.2. The van der Waals surface area contributed by atoms with E-state index in [1.807, 2.05) is 24.3 Å². The van der Waals surface area contributed by atoms with E-state index in [0.717, 1.165) is 24.8 Å². The predicted octanol–water partition coefficient (Wildman–Crippen LogP) is 5.62. The lowest BCUT2D eigenvalue weighted by Crippen LogP contribution is -2.06. The van der Waals surface area contributed by atoms with Gasteiger partial charge in [0.05, 0.1) is 0 Å². The zero-order valence-corrected chi connectivity index (χ0v) is 13.1. The Labute approximate surface area is 137 Å². The molecule has 0 aliphatic heterocycles. The third-order valence-electron chi connectivity index (χ3n) is 4.07. The van der Waals surface area contributed by atoms with Crippen LogP contribution in [0.1, 0.15) is 23.1 Å². The van der Waals surface area contributed by atoms with Crippen LogP contribution in [-0.4, -0.2) is 0 Å². The monoisotopic (exact) mass is 303 g/mol. The summed E-state index contributed by atoms with van der Waals surface area (Å²) in [4.78, 5) is 0. The fourth-order valence-corrected chi connectivity index (χ4v) is 2.80. The van der Waals surface area contributed by atoms with Crippen molar-refractivity contribution >= 4 is 0 Å². The van der Waals surface area contributed by atoms with Crippen molar-refractivity contribution in [2.75, 3.05) is 0 Å². The van der Waals surface area contributed by atoms with Crippen molar-refractivity contribution in [3.63, 3.8) is 0 Å². The smallest absolute Gasteiger partial charge is 0.123 e. The third-order valence-corrected chi connectivity index (χ3v) is 4.07. The Morgan fingerprint density at radius 2 is 1.22 bits per heavy atom. The largest absolute Gasteiger partial charge is 0.207 e. The summed E-state index contributed by atoms with van der Waals surface area (Å²) in [6.07, 6.45) is 2.88. The Morgan fingerprint density at radius 1 is 0.652 bits per heavy atom. The molecule has 0 aliphatic rings. The lowest BCUT2D eigenvalue weighted by molar-refractivity contribution is 0.627. The molecule has 0 saturated carbocycles. The van der Waals surface area contributed by atoms with Crippen molar-refractivity contribution in [2.24, 2.45) is 0 Å². The van der Waals surface area contributed by atoms with Crippen LogP contribution < -0.4 is 0 Å². The van der Waals surface area contributed by atoms with E-state index in [1.54, 1.807) is 12.1 Å². The number of hydrogen-bond acceptors (Lipinski definition) is 0. The molecule has 3 aromatic carbocycles. The number of halogens is 1. The summed E-state index contributed by atoms with van der Waals surface area (Å²) in [5.41, 5.74) is 3.76. The van der Waals surface area contributed by atoms with E-state index >= 15 is 0 Å². The van der Waals surface area contributed by atoms with Crippen LogP contribution in [0.3, 0.4) is 0 Å². The van der Waals surface area contributed by atoms with Crippen LogP contribution in [0, 0.1) is 11.7 Å². The molecule has 0 fully saturated rings. The van der Waals surface area contributed by atoms with Gasteiger partial charge in [-0.3, -0.25) is 0 Å². The Morgan fingerprint density at radius 3 is 1.83 bits per heavy atom. The topological polar surface area (TPSA) is 0 Å². The van der Waals surface area contributed by atoms with E-state index in [1.165, 1.54) is 17.0 Å². The lowest BCUT2D eigenvalue weighted by Gasteiger charge is -2.17. The van der Waals surface area contributed by atoms with Gasteiger partial charge >= 0.3 is 0 Å². The summed E-state index contributed by atoms with van der Waals surface area (Å²) in [6, 6.07) is 27.8. The van der Waals surface area contributed by atoms with Crippen molar-refractivity contribution in [1.82, 2.24) is 0 Å². The molecular formula is C22H20F. The van der Waals surface area contributed by atoms with Crippen LogP contribution in [0.15, 0.2) is 84.9 Å². The minimum atomic E-state index is -0.184. The molecule has 0 amide bonds. The first-order valence-electron chi connectivity index (χ1n) is 8.00. The van der Waals surface area contributed by atoms with Crippen LogP contribution in [0.25, 0.3) is 0 Å². The molecule has 23 heavy (non-hydrogen) atoms. The standard InChI is InChI=1S/C22H20F/c23-22-15-13-20(14-16-22)21(17-19-9-5-2-6-10-19)12-11-18-7-3-1-4-8-18/h1-10,13-16H,11-12,17H2. The van der Waals surface area contributed by atoms with E-state index < -0.39 is 0 Å². The fourth-order valence-electron chi connectivity index (χ4n) is 2.80. The molecule has 1 heteroatoms. The first kappa shape index (κ1) is 15.5. The van der Waals surface area contributed by atoms with E-state index in [9.17, 15) is 4.39 Å². The maximum absolute atomic E-state index is 13.2. The maximum Gasteiger partial charge on any atom is 0.123 e. The van der Waals surface area contributed by atoms with Gasteiger partial charge in [-0.15, -0.1) is 0 Å². The zero-order chi connectivity index (χ0) is 15.9. The van der Waals surface area contributed by atoms with Gasteiger partial charge < -0.3 is 0 Å². The normalized spacial score (nSPS) is 10.9. The van der Waals surface area contributed by atoms with Crippen LogP contribution >= 0.6 is 0 Å². The van der Waals surface area contributed by atoms with Crippen LogP contribution in [0.4, 0.5) is 4.39 Å². The van der Waals surface area contributed by atoms with Gasteiger partial charge in [-0.25, -0.2) is 4.39 Å². The first-order chi connectivity index (χ1) is 11.3. The lowest BCUT2D eigenvalue weighted by atomic mass is 9.87. The van der Waals surface area contributed by atoms with Gasteiger partial charge in [0.25, 0.3) is 0 Å². The molecular weight excluding hydrogens is 283 g/mol. The Balaban J connectivity index is 1.76. The van der Waals surface area contributed by atoms with Gasteiger partial charge in [-0.2, -0.15) is 0 Å². The Bertz CT molecular complexity index is 702. The van der Waals surface area contributed by atoms with Crippen molar-refractivity contribution in [3.8, 4) is 0 Å². The van der Waals surface area contributed by atoms with Gasteiger partial charge in [0.1, 0.15) is 5.82 Å². The van der Waals surface area contributed by atoms with Crippen molar-refractivity contribution in [3.05, 3.63) is 113 Å². The van der Waals surface area contributed by atoms with Crippen LogP contribution in [0.2, 0.25) is 0 Å². The molecule has 3 aromatic rings. The number of rotatable bonds is 6. The van der Waals surface area contributed by atoms with E-state index in [4.69, 9.17) is 0 Å². The highest BCUT2D eigenvalue weighted by Gasteiger charge is 2.13. The predicted molar refractivity (Wildman–Crippen MR) is 93.7 cm³/mol. The molecule has 0 aromatic heterocycles. The molecule has 1 radical (unpaired) electrons. The second-order valence-electron chi connectivity index (χ2n) is 5.76. The van der Waals surface area contributed by atoms with E-state index in [2.05, 4.69) is 48.5 Å². The first-order valence-corrected chi connectivity index (χ1v) is 8.00. The highest BCUT2D eigenvalue weighted by atomic mass is 19.1. The second-order valence-corrected chi connectivity index (χ2v) is 5.76. The Hall–Kier alpha value is -2.41. The van der Waals surface area contributed by atoms with Gasteiger partial charge in [-0.05, 0) is 48.1 Å². The van der Waals surface area contributed by atoms with Crippen molar-refractivity contribution in [2.45, 2.75) is 19.3 Å². The maximum atomic E-state index is 13.2. The van der Waals surface area contributed by atoms with Crippen LogP contribution in [0.5, 0.6) is 0 Å². The van der Waals surface area contributed by atoms with Crippen molar-refractivity contribution < 1.29 is 4.39 Å². The number of benzene rings is 3. The van der Waals surface area contributed by atoms with Crippen molar-refractivity contribution in [1.29, 1.82) is 0 Å². The van der Waals surface area contributed by atoms with Gasteiger partial charge in [0.2, 0.25) is 0 Å². The average molecular weight is 303 g/mol. The number of hydrogen-bond donors (Lipinski definition) is 0. The number of aryl methyl sites for hydroxylation is 1. The van der Waals surface area contributed by atoms with Gasteiger partial charge in [0.15, 0.2) is 0 Å². The molecule has 0 atom stereocenters. The van der Waals surface area contributed by atoms with Gasteiger partial charge in [0, 0.05) is 5.92 Å². The highest BCUT2D eigenvalue weighted by Crippen LogP contribution is 2.25. The molecule has 0 bridgehead atoms. The molecule has 0 spiro atoms. The summed E-state index contributed by atoms with van der Waals surface area (Å²) in [7, 11) is 0. The zero-order valence-electron chi connectivity index (χ0n) is 13.1. The third kappa shape index (κ3) is 4.53. The molecule has 0 N–H and O–H groups in total. The summed E-state index contributed by atoms with van der Waals surface area (Å²) >= 11 is 0. The minimum Gasteiger partial charge on any atom is -0.207 e. The Kier molecular flexibility index (Phi) is 5.21. The van der Waals surface area contributed by atoms with E-state index in [-0.39, 0.29) is 5.82 Å². The molecule has 3 rings (SSSR count). The van der Waals surface area contributed by atoms with E-state index in [0.29, 0.717) is 0 Å². The quantitative estimate of drug-likeness (QED) is 0.554. The SMILES string of the molecule is Fc1ccc([C](CCc2ccccc2)Cc2ccccc2)cc1. The minimum absolute atomic E-state index is 0.184. The molecule has 0 saturated heterocycles. The molecule has 0 nitrogen and oxygen atoms in total. The summed E-state index contributed by atoms with van der Waals surface area (Å²) in [5, 5.41) is 0. The van der Waals surface area contributed by atoms with Crippen LogP contribution in [-0.2, 0) is 12.8 Å². The fraction of sp³-hybridized carbons (Fsp3) is 0.136. The average Bonchev–Trinajstić information content (AvgIpc) is 2.61. The summed E-state index contributed by atoms with van der Waals surface area (Å²) in [6.45, 7) is 0. The molecule has 0 aliphatic carbocycles. The second kappa shape index (κ2) is 7.73.